The van der Waals surface area contributed by atoms with Crippen molar-refractivity contribution >= 4 is 39.3 Å². The number of rotatable bonds is 4. The molecule has 1 aliphatic heterocycles. The van der Waals surface area contributed by atoms with E-state index in [-0.39, 0.29) is 10.5 Å². The molecule has 0 radical (unpaired) electrons. The third-order valence-corrected chi connectivity index (χ3v) is 6.26. The molecule has 2 aromatic rings. The maximum atomic E-state index is 12.7. The normalized spacial score (nSPS) is 14.4. The zero-order valence-corrected chi connectivity index (χ0v) is 17.2. The second kappa shape index (κ2) is 8.71. The molecule has 29 heavy (non-hydrogen) atoms. The van der Waals surface area contributed by atoms with Gasteiger partial charge >= 0.3 is 12.0 Å². The average Bonchev–Trinajstić information content (AvgIpc) is 2.73. The first-order valence-electron chi connectivity index (χ1n) is 8.82. The predicted octanol–water partition coefficient (Wildman–Crippen LogP) is 2.35. The van der Waals surface area contributed by atoms with Crippen LogP contribution in [0.2, 0.25) is 5.02 Å². The smallest absolute Gasteiger partial charge is 0.339 e. The van der Waals surface area contributed by atoms with E-state index in [9.17, 15) is 18.0 Å². The molecule has 8 nitrogen and oxygen atoms in total. The molecule has 1 fully saturated rings. The van der Waals surface area contributed by atoms with Gasteiger partial charge in [-0.15, -0.1) is 0 Å². The fourth-order valence-corrected chi connectivity index (χ4v) is 4.50. The number of esters is 1. The molecule has 1 saturated heterocycles. The summed E-state index contributed by atoms with van der Waals surface area (Å²) in [5.41, 5.74) is 0.729. The largest absolute Gasteiger partial charge is 0.465 e. The van der Waals surface area contributed by atoms with E-state index in [1.54, 1.807) is 6.07 Å². The molecule has 154 valence electrons. The topological polar surface area (TPSA) is 96.0 Å². The molecule has 0 bridgehead atoms. The first-order chi connectivity index (χ1) is 13.8. The van der Waals surface area contributed by atoms with Gasteiger partial charge in [-0.3, -0.25) is 0 Å². The van der Waals surface area contributed by atoms with Crippen LogP contribution in [0.1, 0.15) is 10.4 Å². The Labute approximate surface area is 174 Å². The third kappa shape index (κ3) is 4.63. The zero-order chi connectivity index (χ0) is 21.0. The molecule has 3 rings (SSSR count). The number of ether oxygens (including phenoxy) is 1. The molecule has 0 aromatic heterocycles. The van der Waals surface area contributed by atoms with Gasteiger partial charge < -0.3 is 14.5 Å². The molecule has 10 heteroatoms. The van der Waals surface area contributed by atoms with Crippen molar-refractivity contribution < 1.29 is 22.7 Å². The summed E-state index contributed by atoms with van der Waals surface area (Å²) in [4.78, 5) is 27.5. The number of nitrogens with one attached hydrogen (secondary N) is 1. The Morgan fingerprint density at radius 3 is 2.28 bits per heavy atom. The van der Waals surface area contributed by atoms with Gasteiger partial charge in [-0.25, -0.2) is 22.7 Å². The number of piperazine rings is 1. The Morgan fingerprint density at radius 1 is 1.00 bits per heavy atom. The molecule has 2 aromatic carbocycles. The number of sulfonamides is 1. The SMILES string of the molecule is COC(=O)c1ccccc1S(=O)(=O)NC(=O)N1CCN(c2ccccc2Cl)CC1. The summed E-state index contributed by atoms with van der Waals surface area (Å²) in [5, 5.41) is 0.618. The summed E-state index contributed by atoms with van der Waals surface area (Å²) >= 11 is 6.21. The Balaban J connectivity index is 1.68. The summed E-state index contributed by atoms with van der Waals surface area (Å²) in [5.74, 6) is -0.799. The number of benzene rings is 2. The van der Waals surface area contributed by atoms with Crippen molar-refractivity contribution in [1.82, 2.24) is 9.62 Å². The highest BCUT2D eigenvalue weighted by Crippen LogP contribution is 2.26. The van der Waals surface area contributed by atoms with Crippen LogP contribution in [-0.2, 0) is 14.8 Å². The Hall–Kier alpha value is -2.78. The van der Waals surface area contributed by atoms with Gasteiger partial charge in [-0.05, 0) is 24.3 Å². The van der Waals surface area contributed by atoms with E-state index in [4.69, 9.17) is 11.6 Å². The number of anilines is 1. The molecule has 0 spiro atoms. The monoisotopic (exact) mass is 437 g/mol. The lowest BCUT2D eigenvalue weighted by Crippen LogP contribution is -2.52. The second-order valence-electron chi connectivity index (χ2n) is 6.32. The van der Waals surface area contributed by atoms with E-state index in [1.165, 1.54) is 29.2 Å². The van der Waals surface area contributed by atoms with Crippen molar-refractivity contribution in [2.45, 2.75) is 4.90 Å². The number of para-hydroxylation sites is 1. The van der Waals surface area contributed by atoms with E-state index < -0.39 is 22.0 Å². The first kappa shape index (κ1) is 20.9. The highest BCUT2D eigenvalue weighted by molar-refractivity contribution is 7.90. The fraction of sp³-hybridized carbons (Fsp3) is 0.263. The average molecular weight is 438 g/mol. The van der Waals surface area contributed by atoms with Gasteiger partial charge in [0.1, 0.15) is 4.90 Å². The molecule has 0 atom stereocenters. The van der Waals surface area contributed by atoms with Gasteiger partial charge in [0.2, 0.25) is 0 Å². The number of urea groups is 1. The van der Waals surface area contributed by atoms with Crippen molar-refractivity contribution in [2.24, 2.45) is 0 Å². The number of carbonyl (C=O) groups is 2. The van der Waals surface area contributed by atoms with Crippen LogP contribution >= 0.6 is 11.6 Å². The number of amides is 2. The summed E-state index contributed by atoms with van der Waals surface area (Å²) < 4.78 is 32.0. The maximum absolute atomic E-state index is 12.7. The Morgan fingerprint density at radius 2 is 1.62 bits per heavy atom. The van der Waals surface area contributed by atoms with E-state index in [1.807, 2.05) is 27.8 Å². The van der Waals surface area contributed by atoms with Crippen molar-refractivity contribution in [3.05, 3.63) is 59.1 Å². The summed E-state index contributed by atoms with van der Waals surface area (Å²) in [6.07, 6.45) is 0. The highest BCUT2D eigenvalue weighted by atomic mass is 35.5. The van der Waals surface area contributed by atoms with Gasteiger partial charge in [-0.2, -0.15) is 0 Å². The molecule has 1 N–H and O–H groups in total. The van der Waals surface area contributed by atoms with E-state index in [0.29, 0.717) is 31.2 Å². The van der Waals surface area contributed by atoms with E-state index in [0.717, 1.165) is 12.8 Å². The van der Waals surface area contributed by atoms with Crippen LogP contribution < -0.4 is 9.62 Å². The zero-order valence-electron chi connectivity index (χ0n) is 15.7. The number of carbonyl (C=O) groups excluding carboxylic acids is 2. The van der Waals surface area contributed by atoms with E-state index in [2.05, 4.69) is 4.74 Å². The van der Waals surface area contributed by atoms with Gasteiger partial charge in [0.15, 0.2) is 0 Å². The lowest BCUT2D eigenvalue weighted by molar-refractivity contribution is 0.0596. The van der Waals surface area contributed by atoms with Crippen LogP contribution in [0, 0.1) is 0 Å². The number of hydrogen-bond donors (Lipinski definition) is 1. The lowest BCUT2D eigenvalue weighted by Gasteiger charge is -2.36. The summed E-state index contributed by atoms with van der Waals surface area (Å²) in [6.45, 7) is 1.67. The van der Waals surface area contributed by atoms with Crippen LogP contribution in [0.25, 0.3) is 0 Å². The van der Waals surface area contributed by atoms with Crippen LogP contribution in [0.15, 0.2) is 53.4 Å². The second-order valence-corrected chi connectivity index (χ2v) is 8.38. The van der Waals surface area contributed by atoms with Gasteiger partial charge in [0.25, 0.3) is 10.0 Å². The third-order valence-electron chi connectivity index (χ3n) is 4.56. The standard InChI is InChI=1S/C19H20ClN3O5S/c1-28-18(24)14-6-2-5-9-17(14)29(26,27)21-19(25)23-12-10-22(11-13-23)16-8-4-3-7-15(16)20/h2-9H,10-13H2,1H3,(H,21,25). The van der Waals surface area contributed by atoms with E-state index >= 15 is 0 Å². The Bertz CT molecular complexity index is 1020. The number of hydrogen-bond acceptors (Lipinski definition) is 6. The molecule has 1 heterocycles. The minimum absolute atomic E-state index is 0.140. The van der Waals surface area contributed by atoms with Crippen molar-refractivity contribution in [1.29, 1.82) is 0 Å². The molecule has 1 aliphatic rings. The van der Waals surface area contributed by atoms with Gasteiger partial charge in [-0.1, -0.05) is 35.9 Å². The van der Waals surface area contributed by atoms with Crippen LogP contribution in [-0.4, -0.2) is 58.6 Å². The maximum Gasteiger partial charge on any atom is 0.339 e. The van der Waals surface area contributed by atoms with Crippen LogP contribution in [0.4, 0.5) is 10.5 Å². The summed E-state index contributed by atoms with van der Waals surface area (Å²) in [6, 6.07) is 12.2. The number of methoxy groups -OCH3 is 1. The molecule has 2 amide bonds. The quantitative estimate of drug-likeness (QED) is 0.737. The molecular weight excluding hydrogens is 418 g/mol. The number of nitrogens with zero attached hydrogens (tertiary/aromatic N) is 2. The summed E-state index contributed by atoms with van der Waals surface area (Å²) in [7, 11) is -3.09. The van der Waals surface area contributed by atoms with Crippen molar-refractivity contribution in [3.8, 4) is 0 Å². The number of halogens is 1. The molecule has 0 unspecified atom stereocenters. The van der Waals surface area contributed by atoms with Crippen LogP contribution in [0.3, 0.4) is 0 Å². The Kier molecular flexibility index (Phi) is 6.29. The minimum atomic E-state index is -4.24. The fourth-order valence-electron chi connectivity index (χ4n) is 3.07. The highest BCUT2D eigenvalue weighted by Gasteiger charge is 2.28. The molecule has 0 saturated carbocycles. The van der Waals surface area contributed by atoms with Crippen molar-refractivity contribution in [2.75, 3.05) is 38.2 Å². The molecule has 0 aliphatic carbocycles. The lowest BCUT2D eigenvalue weighted by atomic mass is 10.2. The predicted molar refractivity (Wildman–Crippen MR) is 109 cm³/mol. The van der Waals surface area contributed by atoms with Crippen molar-refractivity contribution in [3.63, 3.8) is 0 Å². The van der Waals surface area contributed by atoms with Gasteiger partial charge in [0.05, 0.1) is 23.4 Å². The van der Waals surface area contributed by atoms with Gasteiger partial charge in [0, 0.05) is 26.2 Å². The minimum Gasteiger partial charge on any atom is -0.465 e. The van der Waals surface area contributed by atoms with Crippen LogP contribution in [0.5, 0.6) is 0 Å². The first-order valence-corrected chi connectivity index (χ1v) is 10.7. The molecular formula is C19H20ClN3O5S.